The molecular weight excluding hydrogens is 247 g/mol. The van der Waals surface area contributed by atoms with Gasteiger partial charge in [-0.25, -0.2) is 4.39 Å². The molecule has 1 N–H and O–H groups in total. The minimum atomic E-state index is -0.642. The fourth-order valence-electron chi connectivity index (χ4n) is 1.73. The maximum atomic E-state index is 13.3. The molecule has 2 rings (SSSR count). The minimum absolute atomic E-state index is 0.152. The van der Waals surface area contributed by atoms with Crippen LogP contribution in [-0.2, 0) is 4.79 Å². The van der Waals surface area contributed by atoms with Gasteiger partial charge in [0.2, 0.25) is 0 Å². The smallest absolute Gasteiger partial charge is 0.299 e. The Balaban J connectivity index is 2.45. The summed E-state index contributed by atoms with van der Waals surface area (Å²) >= 11 is 5.59. The fraction of sp³-hybridized carbons (Fsp3) is 0.273. The summed E-state index contributed by atoms with van der Waals surface area (Å²) in [6.45, 7) is 0.831. The van der Waals surface area contributed by atoms with Crippen LogP contribution in [0.4, 0.5) is 10.1 Å². The SMILES string of the molecule is CNCCN1C(=O)C(=O)c2cc(Cl)c(F)cc21. The molecule has 0 spiro atoms. The summed E-state index contributed by atoms with van der Waals surface area (Å²) in [6.07, 6.45) is 0. The van der Waals surface area contributed by atoms with Gasteiger partial charge in [0.15, 0.2) is 0 Å². The zero-order valence-electron chi connectivity index (χ0n) is 9.09. The minimum Gasteiger partial charge on any atom is -0.318 e. The van der Waals surface area contributed by atoms with Crippen LogP contribution < -0.4 is 10.2 Å². The molecule has 0 aromatic heterocycles. The number of amides is 1. The lowest BCUT2D eigenvalue weighted by Gasteiger charge is -2.16. The lowest BCUT2D eigenvalue weighted by molar-refractivity contribution is -0.114. The molecule has 1 amide bonds. The van der Waals surface area contributed by atoms with Crippen molar-refractivity contribution in [3.05, 3.63) is 28.5 Å². The lowest BCUT2D eigenvalue weighted by Crippen LogP contribution is -2.35. The third kappa shape index (κ3) is 1.92. The van der Waals surface area contributed by atoms with Gasteiger partial charge in [-0.3, -0.25) is 9.59 Å². The van der Waals surface area contributed by atoms with Gasteiger partial charge < -0.3 is 10.2 Å². The summed E-state index contributed by atoms with van der Waals surface area (Å²) < 4.78 is 13.3. The average molecular weight is 257 g/mol. The number of hydrogen-bond acceptors (Lipinski definition) is 3. The Morgan fingerprint density at radius 2 is 2.12 bits per heavy atom. The molecule has 0 atom stereocenters. The predicted molar refractivity (Wildman–Crippen MR) is 62.0 cm³/mol. The van der Waals surface area contributed by atoms with Crippen LogP contribution in [0.2, 0.25) is 5.02 Å². The van der Waals surface area contributed by atoms with E-state index in [0.29, 0.717) is 13.1 Å². The van der Waals surface area contributed by atoms with Crippen molar-refractivity contribution in [2.24, 2.45) is 0 Å². The first-order chi connectivity index (χ1) is 8.06. The van der Waals surface area contributed by atoms with Crippen LogP contribution in [0.1, 0.15) is 10.4 Å². The van der Waals surface area contributed by atoms with Gasteiger partial charge in [0, 0.05) is 13.1 Å². The molecule has 1 heterocycles. The molecule has 0 unspecified atom stereocenters. The Labute approximate surface area is 102 Å². The van der Waals surface area contributed by atoms with Crippen LogP contribution >= 0.6 is 11.6 Å². The van der Waals surface area contributed by atoms with Gasteiger partial charge in [0.05, 0.1) is 16.3 Å². The highest BCUT2D eigenvalue weighted by Gasteiger charge is 2.36. The molecule has 0 aliphatic carbocycles. The van der Waals surface area contributed by atoms with Crippen molar-refractivity contribution in [3.8, 4) is 0 Å². The zero-order chi connectivity index (χ0) is 12.6. The highest BCUT2D eigenvalue weighted by Crippen LogP contribution is 2.32. The molecule has 1 aromatic rings. The van der Waals surface area contributed by atoms with Crippen LogP contribution in [0.5, 0.6) is 0 Å². The zero-order valence-corrected chi connectivity index (χ0v) is 9.84. The van der Waals surface area contributed by atoms with E-state index in [1.165, 1.54) is 11.0 Å². The molecule has 17 heavy (non-hydrogen) atoms. The Kier molecular flexibility index (Phi) is 3.13. The van der Waals surface area contributed by atoms with Crippen molar-refractivity contribution in [2.75, 3.05) is 25.0 Å². The number of anilines is 1. The maximum absolute atomic E-state index is 13.3. The van der Waals surface area contributed by atoms with Crippen LogP contribution in [0, 0.1) is 5.82 Å². The summed E-state index contributed by atoms with van der Waals surface area (Å²) in [7, 11) is 1.73. The number of likely N-dealkylation sites (N-methyl/N-ethyl adjacent to an activating group) is 1. The highest BCUT2D eigenvalue weighted by atomic mass is 35.5. The first kappa shape index (κ1) is 12.0. The number of Topliss-reactive ketones (excluding diaryl/α,β-unsaturated/α-hetero) is 1. The van der Waals surface area contributed by atoms with Gasteiger partial charge in [0.25, 0.3) is 11.7 Å². The first-order valence-corrected chi connectivity index (χ1v) is 5.44. The topological polar surface area (TPSA) is 49.4 Å². The molecule has 0 saturated heterocycles. The lowest BCUT2D eigenvalue weighted by atomic mass is 10.1. The van der Waals surface area contributed by atoms with Crippen molar-refractivity contribution >= 4 is 29.0 Å². The number of hydrogen-bond donors (Lipinski definition) is 1. The maximum Gasteiger partial charge on any atom is 0.299 e. The summed E-state index contributed by atoms with van der Waals surface area (Å²) in [5.74, 6) is -1.92. The van der Waals surface area contributed by atoms with E-state index >= 15 is 0 Å². The molecule has 4 nitrogen and oxygen atoms in total. The van der Waals surface area contributed by atoms with E-state index in [2.05, 4.69) is 5.32 Å². The number of carbonyl (C=O) groups is 2. The van der Waals surface area contributed by atoms with Gasteiger partial charge in [-0.05, 0) is 19.2 Å². The van der Waals surface area contributed by atoms with E-state index in [1.807, 2.05) is 0 Å². The number of halogens is 2. The van der Waals surface area contributed by atoms with Gasteiger partial charge in [-0.15, -0.1) is 0 Å². The molecule has 6 heteroatoms. The van der Waals surface area contributed by atoms with Gasteiger partial charge in [-0.1, -0.05) is 11.6 Å². The number of benzene rings is 1. The third-order valence-corrected chi connectivity index (χ3v) is 2.89. The second-order valence-electron chi connectivity index (χ2n) is 3.67. The largest absolute Gasteiger partial charge is 0.318 e. The summed E-state index contributed by atoms with van der Waals surface area (Å²) in [6, 6.07) is 2.32. The fourth-order valence-corrected chi connectivity index (χ4v) is 1.90. The summed E-state index contributed by atoms with van der Waals surface area (Å²) in [5, 5.41) is 2.71. The second kappa shape index (κ2) is 4.43. The van der Waals surface area contributed by atoms with E-state index in [0.717, 1.165) is 6.07 Å². The van der Waals surface area contributed by atoms with Crippen LogP contribution in [0.3, 0.4) is 0 Å². The molecule has 1 aliphatic heterocycles. The number of nitrogens with zero attached hydrogens (tertiary/aromatic N) is 1. The Bertz CT molecular complexity index is 504. The summed E-state index contributed by atoms with van der Waals surface area (Å²) in [5.41, 5.74) is 0.453. The third-order valence-electron chi connectivity index (χ3n) is 2.60. The van der Waals surface area contributed by atoms with Gasteiger partial charge in [-0.2, -0.15) is 0 Å². The number of ketones is 1. The molecule has 0 bridgehead atoms. The standard InChI is InChI=1S/C11H10ClFN2O2/c1-14-2-3-15-9-5-8(13)7(12)4-6(9)10(16)11(15)17/h4-5,14H,2-3H2,1H3. The molecule has 90 valence electrons. The van der Waals surface area contributed by atoms with Crippen molar-refractivity contribution in [1.29, 1.82) is 0 Å². The molecule has 1 aliphatic rings. The molecule has 1 aromatic carbocycles. The highest BCUT2D eigenvalue weighted by molar-refractivity contribution is 6.52. The molecule has 0 saturated carbocycles. The van der Waals surface area contributed by atoms with Crippen molar-refractivity contribution in [2.45, 2.75) is 0 Å². The molecule has 0 fully saturated rings. The number of rotatable bonds is 3. The van der Waals surface area contributed by atoms with Gasteiger partial charge in [0.1, 0.15) is 5.82 Å². The van der Waals surface area contributed by atoms with E-state index in [1.54, 1.807) is 7.05 Å². The summed E-state index contributed by atoms with van der Waals surface area (Å²) in [4.78, 5) is 24.6. The molecular formula is C11H10ClFN2O2. The Morgan fingerprint density at radius 1 is 1.41 bits per heavy atom. The number of carbonyl (C=O) groups excluding carboxylic acids is 2. The predicted octanol–water partition coefficient (Wildman–Crippen LogP) is 1.23. The average Bonchev–Trinajstić information content (AvgIpc) is 2.52. The van der Waals surface area contributed by atoms with E-state index < -0.39 is 17.5 Å². The Morgan fingerprint density at radius 3 is 2.76 bits per heavy atom. The van der Waals surface area contributed by atoms with Crippen molar-refractivity contribution < 1.29 is 14.0 Å². The monoisotopic (exact) mass is 256 g/mol. The first-order valence-electron chi connectivity index (χ1n) is 5.06. The van der Waals surface area contributed by atoms with Gasteiger partial charge >= 0.3 is 0 Å². The van der Waals surface area contributed by atoms with Crippen LogP contribution in [0.25, 0.3) is 0 Å². The van der Waals surface area contributed by atoms with Crippen LogP contribution in [-0.4, -0.2) is 31.8 Å². The molecule has 0 radical (unpaired) electrons. The second-order valence-corrected chi connectivity index (χ2v) is 4.08. The quantitative estimate of drug-likeness (QED) is 0.828. The van der Waals surface area contributed by atoms with Crippen molar-refractivity contribution in [1.82, 2.24) is 5.32 Å². The number of nitrogens with one attached hydrogen (secondary N) is 1. The van der Waals surface area contributed by atoms with E-state index in [4.69, 9.17) is 11.6 Å². The van der Waals surface area contributed by atoms with E-state index in [9.17, 15) is 14.0 Å². The van der Waals surface area contributed by atoms with Crippen LogP contribution in [0.15, 0.2) is 12.1 Å². The number of fused-ring (bicyclic) bond motifs is 1. The van der Waals surface area contributed by atoms with E-state index in [-0.39, 0.29) is 16.3 Å². The Hall–Kier alpha value is -1.46. The normalized spacial score (nSPS) is 14.4. The van der Waals surface area contributed by atoms with Crippen molar-refractivity contribution in [3.63, 3.8) is 0 Å².